The van der Waals surface area contributed by atoms with E-state index in [4.69, 9.17) is 11.6 Å². The molecule has 1 aromatic carbocycles. The Labute approximate surface area is 91.9 Å². The average Bonchev–Trinajstić information content (AvgIpc) is 2.31. The third kappa shape index (κ3) is 2.07. The molecule has 0 aliphatic heterocycles. The topological polar surface area (TPSA) is 34.9 Å². The Balaban J connectivity index is 2.51. The highest BCUT2D eigenvalue weighted by atomic mass is 35.5. The monoisotopic (exact) mass is 220 g/mol. The number of hydrogen-bond donors (Lipinski definition) is 0. The van der Waals surface area contributed by atoms with Crippen molar-refractivity contribution in [1.82, 2.24) is 9.78 Å². The second kappa shape index (κ2) is 4.28. The first-order valence-corrected chi connectivity index (χ1v) is 5.04. The van der Waals surface area contributed by atoms with Crippen LogP contribution in [-0.2, 0) is 6.00 Å². The van der Waals surface area contributed by atoms with Crippen LogP contribution < -0.4 is 5.56 Å². The Bertz CT molecular complexity index is 507. The lowest BCUT2D eigenvalue weighted by atomic mass is 10.1. The van der Waals surface area contributed by atoms with Crippen molar-refractivity contribution in [3.8, 4) is 11.3 Å². The number of benzene rings is 1. The summed E-state index contributed by atoms with van der Waals surface area (Å²) in [6.07, 6.45) is 0. The normalized spacial score (nSPS) is 10.2. The number of hydrogen-bond acceptors (Lipinski definition) is 2. The zero-order valence-electron chi connectivity index (χ0n) is 7.93. The van der Waals surface area contributed by atoms with E-state index in [-0.39, 0.29) is 11.6 Å². The molecule has 0 radical (unpaired) electrons. The maximum absolute atomic E-state index is 11.2. The predicted octanol–water partition coefficient (Wildman–Crippen LogP) is 2.11. The van der Waals surface area contributed by atoms with E-state index in [2.05, 4.69) is 5.10 Å². The molecule has 0 N–H and O–H groups in total. The summed E-state index contributed by atoms with van der Waals surface area (Å²) in [4.78, 5) is 11.2. The van der Waals surface area contributed by atoms with Crippen LogP contribution in [0, 0.1) is 0 Å². The van der Waals surface area contributed by atoms with Gasteiger partial charge in [0, 0.05) is 11.6 Å². The van der Waals surface area contributed by atoms with Gasteiger partial charge in [-0.1, -0.05) is 30.3 Å². The van der Waals surface area contributed by atoms with Crippen molar-refractivity contribution in [2.24, 2.45) is 0 Å². The summed E-state index contributed by atoms with van der Waals surface area (Å²) in [5.41, 5.74) is 1.52. The summed E-state index contributed by atoms with van der Waals surface area (Å²) in [5.74, 6) is 0. The van der Waals surface area contributed by atoms with Gasteiger partial charge in [0.1, 0.15) is 6.00 Å². The minimum Gasteiger partial charge on any atom is -0.268 e. The summed E-state index contributed by atoms with van der Waals surface area (Å²) < 4.78 is 1.23. The van der Waals surface area contributed by atoms with Crippen molar-refractivity contribution < 1.29 is 0 Å². The van der Waals surface area contributed by atoms with E-state index in [1.165, 1.54) is 10.7 Å². The molecule has 76 valence electrons. The molecule has 0 spiro atoms. The molecule has 0 atom stereocenters. The Hall–Kier alpha value is -1.61. The molecule has 0 aliphatic carbocycles. The lowest BCUT2D eigenvalue weighted by Gasteiger charge is -2.03. The van der Waals surface area contributed by atoms with Crippen LogP contribution >= 0.6 is 11.6 Å². The molecule has 2 aromatic rings. The Kier molecular flexibility index (Phi) is 2.83. The molecule has 0 bridgehead atoms. The maximum atomic E-state index is 11.2. The molecule has 0 amide bonds. The Morgan fingerprint density at radius 1 is 1.13 bits per heavy atom. The molecule has 4 heteroatoms. The van der Waals surface area contributed by atoms with Crippen molar-refractivity contribution >= 4 is 11.6 Å². The van der Waals surface area contributed by atoms with Gasteiger partial charge in [-0.05, 0) is 6.07 Å². The zero-order chi connectivity index (χ0) is 10.7. The molecule has 1 heterocycles. The van der Waals surface area contributed by atoms with Crippen molar-refractivity contribution in [2.45, 2.75) is 6.00 Å². The van der Waals surface area contributed by atoms with Gasteiger partial charge in [-0.15, -0.1) is 11.6 Å². The molecular formula is C11H9ClN2O. The standard InChI is InChI=1S/C11H9ClN2O/c12-8-14-11(15)7-6-10(13-14)9-4-2-1-3-5-9/h1-7H,8H2. The third-order valence-corrected chi connectivity index (χ3v) is 2.28. The van der Waals surface area contributed by atoms with Crippen LogP contribution in [0.3, 0.4) is 0 Å². The quantitative estimate of drug-likeness (QED) is 0.727. The third-order valence-electron chi connectivity index (χ3n) is 2.05. The second-order valence-corrected chi connectivity index (χ2v) is 3.28. The highest BCUT2D eigenvalue weighted by Crippen LogP contribution is 2.13. The van der Waals surface area contributed by atoms with Gasteiger partial charge in [-0.3, -0.25) is 4.79 Å². The van der Waals surface area contributed by atoms with Crippen LogP contribution in [-0.4, -0.2) is 9.78 Å². The van der Waals surface area contributed by atoms with Gasteiger partial charge in [-0.2, -0.15) is 5.10 Å². The minimum absolute atomic E-state index is 0.0690. The van der Waals surface area contributed by atoms with Crippen molar-refractivity contribution in [3.63, 3.8) is 0 Å². The first-order valence-electron chi connectivity index (χ1n) is 4.51. The van der Waals surface area contributed by atoms with Gasteiger partial charge in [0.2, 0.25) is 0 Å². The smallest absolute Gasteiger partial charge is 0.267 e. The second-order valence-electron chi connectivity index (χ2n) is 3.04. The molecule has 0 saturated carbocycles. The lowest BCUT2D eigenvalue weighted by Crippen LogP contribution is -2.20. The summed E-state index contributed by atoms with van der Waals surface area (Å²) in [6.45, 7) is 0. The Morgan fingerprint density at radius 3 is 2.53 bits per heavy atom. The van der Waals surface area contributed by atoms with Crippen LogP contribution in [0.15, 0.2) is 47.3 Å². The molecule has 0 saturated heterocycles. The number of halogens is 1. The van der Waals surface area contributed by atoms with Gasteiger partial charge in [0.15, 0.2) is 0 Å². The summed E-state index contributed by atoms with van der Waals surface area (Å²) in [6, 6.07) is 12.9. The predicted molar refractivity (Wildman–Crippen MR) is 59.8 cm³/mol. The van der Waals surface area contributed by atoms with E-state index in [1.54, 1.807) is 6.07 Å². The summed E-state index contributed by atoms with van der Waals surface area (Å²) in [5, 5.41) is 4.13. The van der Waals surface area contributed by atoms with Gasteiger partial charge in [0.05, 0.1) is 5.69 Å². The van der Waals surface area contributed by atoms with E-state index < -0.39 is 0 Å². The largest absolute Gasteiger partial charge is 0.268 e. The van der Waals surface area contributed by atoms with Gasteiger partial charge in [0.25, 0.3) is 5.56 Å². The first kappa shape index (κ1) is 9.93. The van der Waals surface area contributed by atoms with Gasteiger partial charge >= 0.3 is 0 Å². The molecule has 0 aliphatic rings. The number of nitrogens with zero attached hydrogens (tertiary/aromatic N) is 2. The van der Waals surface area contributed by atoms with Crippen molar-refractivity contribution in [3.05, 3.63) is 52.8 Å². The number of rotatable bonds is 2. The number of aromatic nitrogens is 2. The zero-order valence-corrected chi connectivity index (χ0v) is 8.69. The van der Waals surface area contributed by atoms with Gasteiger partial charge in [-0.25, -0.2) is 4.68 Å². The summed E-state index contributed by atoms with van der Waals surface area (Å²) in [7, 11) is 0. The van der Waals surface area contributed by atoms with Crippen LogP contribution in [0.25, 0.3) is 11.3 Å². The SMILES string of the molecule is O=c1ccc(-c2ccccc2)nn1CCl. The molecule has 3 nitrogen and oxygen atoms in total. The van der Waals surface area contributed by atoms with E-state index in [1.807, 2.05) is 30.3 Å². The maximum Gasteiger partial charge on any atom is 0.267 e. The first-order chi connectivity index (χ1) is 7.31. The van der Waals surface area contributed by atoms with Crippen LogP contribution in [0.5, 0.6) is 0 Å². The minimum atomic E-state index is -0.190. The summed E-state index contributed by atoms with van der Waals surface area (Å²) >= 11 is 5.59. The van der Waals surface area contributed by atoms with Crippen molar-refractivity contribution in [1.29, 1.82) is 0 Å². The fourth-order valence-electron chi connectivity index (χ4n) is 1.30. The highest BCUT2D eigenvalue weighted by molar-refractivity contribution is 6.15. The van der Waals surface area contributed by atoms with Crippen LogP contribution in [0.4, 0.5) is 0 Å². The van der Waals surface area contributed by atoms with Crippen LogP contribution in [0.2, 0.25) is 0 Å². The molecule has 0 fully saturated rings. The molecule has 0 unspecified atom stereocenters. The van der Waals surface area contributed by atoms with E-state index >= 15 is 0 Å². The fraction of sp³-hybridized carbons (Fsp3) is 0.0909. The van der Waals surface area contributed by atoms with E-state index in [9.17, 15) is 4.79 Å². The Morgan fingerprint density at radius 2 is 1.87 bits per heavy atom. The van der Waals surface area contributed by atoms with E-state index in [0.29, 0.717) is 0 Å². The molecule has 1 aromatic heterocycles. The fourth-order valence-corrected chi connectivity index (χ4v) is 1.47. The molecular weight excluding hydrogens is 212 g/mol. The lowest BCUT2D eigenvalue weighted by molar-refractivity contribution is 0.692. The van der Waals surface area contributed by atoms with Gasteiger partial charge < -0.3 is 0 Å². The average molecular weight is 221 g/mol. The van der Waals surface area contributed by atoms with Crippen molar-refractivity contribution in [2.75, 3.05) is 0 Å². The van der Waals surface area contributed by atoms with E-state index in [0.717, 1.165) is 11.3 Å². The molecule has 2 rings (SSSR count). The highest BCUT2D eigenvalue weighted by Gasteiger charge is 2.01. The van der Waals surface area contributed by atoms with Crippen LogP contribution in [0.1, 0.15) is 0 Å². The number of alkyl halides is 1. The molecule has 15 heavy (non-hydrogen) atoms.